The van der Waals surface area contributed by atoms with E-state index in [1.54, 1.807) is 25.5 Å². The van der Waals surface area contributed by atoms with Gasteiger partial charge in [-0.3, -0.25) is 4.99 Å². The number of nitrogens with zero attached hydrogens (tertiary/aromatic N) is 2. The predicted octanol–water partition coefficient (Wildman–Crippen LogP) is 3.68. The third-order valence-corrected chi connectivity index (χ3v) is 4.85. The maximum Gasteiger partial charge on any atom is 0.191 e. The molecule has 2 aromatic rings. The summed E-state index contributed by atoms with van der Waals surface area (Å²) in [5, 5.41) is 7.74. The van der Waals surface area contributed by atoms with Crippen LogP contribution in [-0.4, -0.2) is 31.6 Å². The lowest BCUT2D eigenvalue weighted by molar-refractivity contribution is 0.414. The molecule has 0 saturated carbocycles. The second-order valence-electron chi connectivity index (χ2n) is 5.56. The zero-order valence-electron chi connectivity index (χ0n) is 15.3. The molecule has 0 radical (unpaired) electrons. The van der Waals surface area contributed by atoms with Crippen LogP contribution >= 0.6 is 35.3 Å². The van der Waals surface area contributed by atoms with Crippen molar-refractivity contribution in [2.45, 2.75) is 33.2 Å². The van der Waals surface area contributed by atoms with Crippen molar-refractivity contribution in [1.29, 1.82) is 0 Å². The summed E-state index contributed by atoms with van der Waals surface area (Å²) in [5.41, 5.74) is 2.39. The van der Waals surface area contributed by atoms with Gasteiger partial charge in [-0.1, -0.05) is 12.1 Å². The van der Waals surface area contributed by atoms with E-state index >= 15 is 0 Å². The van der Waals surface area contributed by atoms with Gasteiger partial charge in [-0.15, -0.1) is 35.3 Å². The number of aryl methyl sites for hydroxylation is 3. The van der Waals surface area contributed by atoms with Gasteiger partial charge < -0.3 is 15.4 Å². The number of benzene rings is 1. The lowest BCUT2D eigenvalue weighted by Crippen LogP contribution is -2.37. The molecule has 0 unspecified atom stereocenters. The van der Waals surface area contributed by atoms with Crippen LogP contribution in [0.15, 0.2) is 29.3 Å². The van der Waals surface area contributed by atoms with E-state index in [9.17, 15) is 0 Å². The molecule has 2 N–H and O–H groups in total. The van der Waals surface area contributed by atoms with Crippen LogP contribution in [0.1, 0.15) is 27.6 Å². The van der Waals surface area contributed by atoms with E-state index in [0.717, 1.165) is 41.8 Å². The molecule has 0 aliphatic heterocycles. The van der Waals surface area contributed by atoms with Gasteiger partial charge in [0.25, 0.3) is 0 Å². The predicted molar refractivity (Wildman–Crippen MR) is 117 cm³/mol. The van der Waals surface area contributed by atoms with Gasteiger partial charge in [0.1, 0.15) is 10.8 Å². The number of halogens is 1. The Labute approximate surface area is 171 Å². The molecule has 0 atom stereocenters. The Kier molecular flexibility index (Phi) is 9.81. The molecule has 0 bridgehead atoms. The lowest BCUT2D eigenvalue weighted by Gasteiger charge is -2.11. The molecule has 1 aromatic carbocycles. The second-order valence-corrected chi connectivity index (χ2v) is 6.84. The van der Waals surface area contributed by atoms with Gasteiger partial charge in [-0.2, -0.15) is 0 Å². The summed E-state index contributed by atoms with van der Waals surface area (Å²) in [6.07, 6.45) is 2.04. The Hall–Kier alpha value is -1.35. The van der Waals surface area contributed by atoms with Crippen LogP contribution in [0.25, 0.3) is 0 Å². The molecule has 0 fully saturated rings. The fourth-order valence-electron chi connectivity index (χ4n) is 2.32. The highest BCUT2D eigenvalue weighted by atomic mass is 127. The van der Waals surface area contributed by atoms with Crippen LogP contribution in [0.4, 0.5) is 0 Å². The van der Waals surface area contributed by atoms with Crippen LogP contribution in [0.2, 0.25) is 0 Å². The molecule has 25 heavy (non-hydrogen) atoms. The molecule has 0 spiro atoms. The first kappa shape index (κ1) is 21.7. The van der Waals surface area contributed by atoms with Crippen molar-refractivity contribution in [2.75, 3.05) is 20.7 Å². The monoisotopic (exact) mass is 474 g/mol. The number of thiazole rings is 1. The number of nitrogens with one attached hydrogen (secondary N) is 2. The number of ether oxygens (including phenoxy) is 1. The fourth-order valence-corrected chi connectivity index (χ4v) is 3.20. The van der Waals surface area contributed by atoms with E-state index < -0.39 is 0 Å². The molecule has 0 aliphatic rings. The molecular weight excluding hydrogens is 447 g/mol. The average Bonchev–Trinajstić information content (AvgIpc) is 2.92. The Morgan fingerprint density at radius 2 is 2.08 bits per heavy atom. The van der Waals surface area contributed by atoms with Crippen molar-refractivity contribution in [3.05, 3.63) is 45.4 Å². The van der Waals surface area contributed by atoms with Gasteiger partial charge in [-0.05, 0) is 44.4 Å². The van der Waals surface area contributed by atoms with E-state index in [-0.39, 0.29) is 24.0 Å². The molecular formula is C18H27IN4OS. The summed E-state index contributed by atoms with van der Waals surface area (Å²) < 4.78 is 5.25. The van der Waals surface area contributed by atoms with Gasteiger partial charge in [0.2, 0.25) is 0 Å². The molecule has 1 aromatic heterocycles. The number of hydrogen-bond donors (Lipinski definition) is 2. The average molecular weight is 474 g/mol. The maximum absolute atomic E-state index is 5.25. The Morgan fingerprint density at radius 1 is 1.28 bits per heavy atom. The van der Waals surface area contributed by atoms with Gasteiger partial charge in [0, 0.05) is 18.5 Å². The number of aliphatic imine (C=N–C) groups is 1. The smallest absolute Gasteiger partial charge is 0.191 e. The number of methoxy groups -OCH3 is 1. The van der Waals surface area contributed by atoms with Crippen LogP contribution < -0.4 is 15.4 Å². The Balaban J connectivity index is 0.00000312. The Morgan fingerprint density at radius 3 is 2.72 bits per heavy atom. The number of guanidine groups is 1. The molecule has 138 valence electrons. The largest absolute Gasteiger partial charge is 0.497 e. The second kappa shape index (κ2) is 11.3. The Bertz CT molecular complexity index is 668. The zero-order chi connectivity index (χ0) is 17.4. The standard InChI is InChI=1S/C18H26N4OS.HI/c1-13-14(2)24-17(22-13)12-21-18(19-3)20-10-6-8-15-7-5-9-16(11-15)23-4;/h5,7,9,11H,6,8,10,12H2,1-4H3,(H2,19,20,21);1H. The van der Waals surface area contributed by atoms with Crippen molar-refractivity contribution in [1.82, 2.24) is 15.6 Å². The summed E-state index contributed by atoms with van der Waals surface area (Å²) in [5.74, 6) is 1.72. The highest BCUT2D eigenvalue weighted by Gasteiger charge is 2.04. The molecule has 0 amide bonds. The quantitative estimate of drug-likeness (QED) is 0.278. The van der Waals surface area contributed by atoms with Crippen LogP contribution in [0.3, 0.4) is 0 Å². The molecule has 1 heterocycles. The van der Waals surface area contributed by atoms with Gasteiger partial charge in [0.15, 0.2) is 5.96 Å². The number of rotatable bonds is 7. The maximum atomic E-state index is 5.25. The minimum Gasteiger partial charge on any atom is -0.497 e. The highest BCUT2D eigenvalue weighted by molar-refractivity contribution is 14.0. The van der Waals surface area contributed by atoms with Crippen molar-refractivity contribution in [2.24, 2.45) is 4.99 Å². The fraction of sp³-hybridized carbons (Fsp3) is 0.444. The van der Waals surface area contributed by atoms with E-state index in [0.29, 0.717) is 6.54 Å². The first-order valence-electron chi connectivity index (χ1n) is 8.12. The minimum atomic E-state index is 0. The van der Waals surface area contributed by atoms with E-state index in [1.807, 2.05) is 19.1 Å². The summed E-state index contributed by atoms with van der Waals surface area (Å²) in [6, 6.07) is 8.21. The van der Waals surface area contributed by atoms with Crippen molar-refractivity contribution < 1.29 is 4.74 Å². The number of hydrogen-bond acceptors (Lipinski definition) is 4. The molecule has 0 aliphatic carbocycles. The summed E-state index contributed by atoms with van der Waals surface area (Å²) in [4.78, 5) is 10.1. The van der Waals surface area contributed by atoms with Gasteiger partial charge in [0.05, 0.1) is 19.3 Å². The van der Waals surface area contributed by atoms with Crippen molar-refractivity contribution in [3.8, 4) is 5.75 Å². The number of aromatic nitrogens is 1. The summed E-state index contributed by atoms with van der Waals surface area (Å²) >= 11 is 1.73. The van der Waals surface area contributed by atoms with E-state index in [4.69, 9.17) is 4.74 Å². The lowest BCUT2D eigenvalue weighted by atomic mass is 10.1. The molecule has 7 heteroatoms. The normalized spacial score (nSPS) is 11.0. The molecule has 5 nitrogen and oxygen atoms in total. The third-order valence-electron chi connectivity index (χ3n) is 3.77. The zero-order valence-corrected chi connectivity index (χ0v) is 18.4. The third kappa shape index (κ3) is 7.19. The highest BCUT2D eigenvalue weighted by Crippen LogP contribution is 2.16. The van der Waals surface area contributed by atoms with Gasteiger partial charge >= 0.3 is 0 Å². The molecule has 2 rings (SSSR count). The summed E-state index contributed by atoms with van der Waals surface area (Å²) in [6.45, 7) is 5.71. The first-order chi connectivity index (χ1) is 11.6. The van der Waals surface area contributed by atoms with Gasteiger partial charge in [-0.25, -0.2) is 4.98 Å². The van der Waals surface area contributed by atoms with Crippen LogP contribution in [-0.2, 0) is 13.0 Å². The SMILES string of the molecule is CN=C(NCCCc1cccc(OC)c1)NCc1nc(C)c(C)s1.I. The topological polar surface area (TPSA) is 58.5 Å². The van der Waals surface area contributed by atoms with Crippen molar-refractivity contribution in [3.63, 3.8) is 0 Å². The molecule has 0 saturated heterocycles. The van der Waals surface area contributed by atoms with Crippen molar-refractivity contribution >= 4 is 41.3 Å². The minimum absolute atomic E-state index is 0. The van der Waals surface area contributed by atoms with E-state index in [2.05, 4.69) is 39.7 Å². The van der Waals surface area contributed by atoms with E-state index in [1.165, 1.54) is 10.4 Å². The summed E-state index contributed by atoms with van der Waals surface area (Å²) in [7, 11) is 3.48. The first-order valence-corrected chi connectivity index (χ1v) is 8.94. The van der Waals surface area contributed by atoms with Crippen LogP contribution in [0, 0.1) is 13.8 Å². The van der Waals surface area contributed by atoms with Crippen LogP contribution in [0.5, 0.6) is 5.75 Å².